The zero-order valence-electron chi connectivity index (χ0n) is 14.5. The molecule has 2 aromatic rings. The second-order valence-electron chi connectivity index (χ2n) is 6.54. The summed E-state index contributed by atoms with van der Waals surface area (Å²) in [4.78, 5) is 35.5. The number of hydrogen-bond acceptors (Lipinski definition) is 4. The molecule has 6 heteroatoms. The predicted octanol–water partition coefficient (Wildman–Crippen LogP) is 3.23. The molecule has 0 radical (unpaired) electrons. The number of aromatic carboxylic acids is 1. The van der Waals surface area contributed by atoms with Crippen molar-refractivity contribution >= 4 is 23.5 Å². The van der Waals surface area contributed by atoms with Crippen molar-refractivity contribution in [2.24, 2.45) is 0 Å². The van der Waals surface area contributed by atoms with Gasteiger partial charge in [0.05, 0.1) is 11.1 Å². The van der Waals surface area contributed by atoms with E-state index in [0.29, 0.717) is 23.6 Å². The smallest absolute Gasteiger partial charge is 0.339 e. The molecule has 2 aromatic carbocycles. The summed E-state index contributed by atoms with van der Waals surface area (Å²) >= 11 is 0. The van der Waals surface area contributed by atoms with Crippen molar-refractivity contribution < 1.29 is 24.2 Å². The number of hydrogen-bond donors (Lipinski definition) is 2. The Balaban J connectivity index is 1.75. The largest absolute Gasteiger partial charge is 0.478 e. The molecule has 0 bridgehead atoms. The lowest BCUT2D eigenvalue weighted by atomic mass is 9.92. The first-order valence-electron chi connectivity index (χ1n) is 8.33. The van der Waals surface area contributed by atoms with Crippen LogP contribution < -0.4 is 5.32 Å². The molecule has 134 valence electrons. The van der Waals surface area contributed by atoms with Crippen molar-refractivity contribution in [2.45, 2.75) is 32.3 Å². The Morgan fingerprint density at radius 3 is 2.46 bits per heavy atom. The average Bonchev–Trinajstić information content (AvgIpc) is 2.61. The number of esters is 1. The first-order chi connectivity index (χ1) is 12.3. The fourth-order valence-corrected chi connectivity index (χ4v) is 2.84. The van der Waals surface area contributed by atoms with E-state index >= 15 is 0 Å². The summed E-state index contributed by atoms with van der Waals surface area (Å²) in [6.07, 6.45) is -0.614. The minimum Gasteiger partial charge on any atom is -0.478 e. The first kappa shape index (κ1) is 17.7. The number of cyclic esters (lactones) is 1. The van der Waals surface area contributed by atoms with Crippen molar-refractivity contribution in [2.75, 3.05) is 5.32 Å². The van der Waals surface area contributed by atoms with Crippen LogP contribution in [0.15, 0.2) is 42.5 Å². The molecule has 1 aliphatic rings. The van der Waals surface area contributed by atoms with Crippen LogP contribution >= 0.6 is 0 Å². The molecular formula is C20H19NO5. The van der Waals surface area contributed by atoms with E-state index in [1.165, 1.54) is 24.3 Å². The number of rotatable bonds is 4. The van der Waals surface area contributed by atoms with Crippen LogP contribution in [-0.2, 0) is 16.0 Å². The molecule has 3 rings (SSSR count). The quantitative estimate of drug-likeness (QED) is 0.823. The highest BCUT2D eigenvalue weighted by Gasteiger charge is 2.31. The van der Waals surface area contributed by atoms with Gasteiger partial charge < -0.3 is 15.2 Å². The summed E-state index contributed by atoms with van der Waals surface area (Å²) < 4.78 is 5.26. The van der Waals surface area contributed by atoms with Gasteiger partial charge in [0.2, 0.25) is 0 Å². The van der Waals surface area contributed by atoms with Crippen LogP contribution in [-0.4, -0.2) is 29.1 Å². The zero-order chi connectivity index (χ0) is 18.8. The molecule has 0 saturated heterocycles. The molecule has 0 aliphatic carbocycles. The highest BCUT2D eigenvalue weighted by atomic mass is 16.5. The number of carboxylic acid groups (broad SMARTS) is 1. The summed E-state index contributed by atoms with van der Waals surface area (Å²) in [7, 11) is 0. The molecule has 1 heterocycles. The highest BCUT2D eigenvalue weighted by Crippen LogP contribution is 2.26. The van der Waals surface area contributed by atoms with Gasteiger partial charge in [-0.2, -0.15) is 0 Å². The van der Waals surface area contributed by atoms with Gasteiger partial charge in [0, 0.05) is 12.1 Å². The summed E-state index contributed by atoms with van der Waals surface area (Å²) in [6.45, 7) is 4.13. The number of amides is 1. The SMILES string of the molecule is CC(C)c1ccc2c(c1)CC(C(=O)Nc1ccc(C(=O)O)cc1)OC2=O. The van der Waals surface area contributed by atoms with Gasteiger partial charge in [0.15, 0.2) is 6.10 Å². The summed E-state index contributed by atoms with van der Waals surface area (Å²) in [6, 6.07) is 11.4. The van der Waals surface area contributed by atoms with E-state index in [-0.39, 0.29) is 5.56 Å². The predicted molar refractivity (Wildman–Crippen MR) is 95.5 cm³/mol. The third-order valence-electron chi connectivity index (χ3n) is 4.36. The Kier molecular flexibility index (Phi) is 4.75. The molecular weight excluding hydrogens is 334 g/mol. The van der Waals surface area contributed by atoms with Crippen LogP contribution in [0, 0.1) is 0 Å². The molecule has 1 unspecified atom stereocenters. The zero-order valence-corrected chi connectivity index (χ0v) is 14.5. The highest BCUT2D eigenvalue weighted by molar-refractivity contribution is 6.00. The second-order valence-corrected chi connectivity index (χ2v) is 6.54. The second kappa shape index (κ2) is 7.00. The molecule has 0 saturated carbocycles. The number of benzene rings is 2. The summed E-state index contributed by atoms with van der Waals surface area (Å²) in [5.41, 5.74) is 2.96. The van der Waals surface area contributed by atoms with E-state index in [0.717, 1.165) is 11.1 Å². The van der Waals surface area contributed by atoms with Gasteiger partial charge in [0.25, 0.3) is 5.91 Å². The minimum absolute atomic E-state index is 0.127. The summed E-state index contributed by atoms with van der Waals surface area (Å²) in [5, 5.41) is 11.6. The molecule has 0 spiro atoms. The average molecular weight is 353 g/mol. The Hall–Kier alpha value is -3.15. The van der Waals surface area contributed by atoms with E-state index in [1.807, 2.05) is 12.1 Å². The Morgan fingerprint density at radius 2 is 1.85 bits per heavy atom. The minimum atomic E-state index is -1.04. The maximum absolute atomic E-state index is 12.5. The number of ether oxygens (including phenoxy) is 1. The van der Waals surface area contributed by atoms with Gasteiger partial charge in [-0.3, -0.25) is 4.79 Å². The van der Waals surface area contributed by atoms with Gasteiger partial charge >= 0.3 is 11.9 Å². The molecule has 0 fully saturated rings. The first-order valence-corrected chi connectivity index (χ1v) is 8.33. The fourth-order valence-electron chi connectivity index (χ4n) is 2.84. The van der Waals surface area contributed by atoms with Crippen LogP contribution in [0.25, 0.3) is 0 Å². The van der Waals surface area contributed by atoms with E-state index in [4.69, 9.17) is 9.84 Å². The van der Waals surface area contributed by atoms with Crippen LogP contribution in [0.2, 0.25) is 0 Å². The van der Waals surface area contributed by atoms with Gasteiger partial charge in [-0.25, -0.2) is 9.59 Å². The molecule has 1 amide bonds. The maximum Gasteiger partial charge on any atom is 0.339 e. The van der Waals surface area contributed by atoms with Gasteiger partial charge in [0.1, 0.15) is 0 Å². The monoisotopic (exact) mass is 353 g/mol. The van der Waals surface area contributed by atoms with Crippen molar-refractivity contribution in [1.82, 2.24) is 0 Å². The summed E-state index contributed by atoms with van der Waals surface area (Å²) in [5.74, 6) is -1.68. The number of carbonyl (C=O) groups excluding carboxylic acids is 2. The van der Waals surface area contributed by atoms with E-state index in [9.17, 15) is 14.4 Å². The lowest BCUT2D eigenvalue weighted by molar-refractivity contribution is -0.125. The number of fused-ring (bicyclic) bond motifs is 1. The third-order valence-corrected chi connectivity index (χ3v) is 4.36. The van der Waals surface area contributed by atoms with Crippen molar-refractivity contribution in [3.05, 3.63) is 64.7 Å². The number of carbonyl (C=O) groups is 3. The molecule has 0 aromatic heterocycles. The number of nitrogens with one attached hydrogen (secondary N) is 1. The maximum atomic E-state index is 12.5. The van der Waals surface area contributed by atoms with E-state index < -0.39 is 23.9 Å². The number of anilines is 1. The lowest BCUT2D eigenvalue weighted by Gasteiger charge is -2.24. The van der Waals surface area contributed by atoms with Crippen molar-refractivity contribution in [3.63, 3.8) is 0 Å². The lowest BCUT2D eigenvalue weighted by Crippen LogP contribution is -2.38. The van der Waals surface area contributed by atoms with Crippen molar-refractivity contribution in [3.8, 4) is 0 Å². The molecule has 2 N–H and O–H groups in total. The van der Waals surface area contributed by atoms with Crippen molar-refractivity contribution in [1.29, 1.82) is 0 Å². The van der Waals surface area contributed by atoms with Gasteiger partial charge in [-0.15, -0.1) is 0 Å². The standard InChI is InChI=1S/C20H19NO5/c1-11(2)13-5-8-16-14(9-13)10-17(26-20(16)25)18(22)21-15-6-3-12(4-7-15)19(23)24/h3-9,11,17H,10H2,1-2H3,(H,21,22)(H,23,24). The van der Waals surface area contributed by atoms with Crippen LogP contribution in [0.1, 0.15) is 51.6 Å². The normalized spacial score (nSPS) is 16.0. The molecule has 26 heavy (non-hydrogen) atoms. The van der Waals surface area contributed by atoms with Gasteiger partial charge in [-0.1, -0.05) is 26.0 Å². The van der Waals surface area contributed by atoms with Crippen LogP contribution in [0.3, 0.4) is 0 Å². The Labute approximate surface area is 150 Å². The third kappa shape index (κ3) is 3.59. The Bertz CT molecular complexity index is 870. The van der Waals surface area contributed by atoms with E-state index in [2.05, 4.69) is 19.2 Å². The Morgan fingerprint density at radius 1 is 1.15 bits per heavy atom. The van der Waals surface area contributed by atoms with Crippen LogP contribution in [0.4, 0.5) is 5.69 Å². The van der Waals surface area contributed by atoms with E-state index in [1.54, 1.807) is 6.07 Å². The molecule has 6 nitrogen and oxygen atoms in total. The number of carboxylic acids is 1. The van der Waals surface area contributed by atoms with Crippen LogP contribution in [0.5, 0.6) is 0 Å². The van der Waals surface area contributed by atoms with Gasteiger partial charge in [-0.05, 0) is 47.4 Å². The fraction of sp³-hybridized carbons (Fsp3) is 0.250. The topological polar surface area (TPSA) is 92.7 Å². The molecule has 1 aliphatic heterocycles. The molecule has 1 atom stereocenters.